The summed E-state index contributed by atoms with van der Waals surface area (Å²) < 4.78 is 37.2. The topological polar surface area (TPSA) is 93.7 Å². The average Bonchev–Trinajstić information content (AvgIpc) is 2.49. The first kappa shape index (κ1) is 19.2. The molecule has 0 aliphatic carbocycles. The van der Waals surface area contributed by atoms with Crippen LogP contribution in [0.25, 0.3) is 0 Å². The molecule has 0 unspecified atom stereocenters. The quantitative estimate of drug-likeness (QED) is 0.672. The van der Waals surface area contributed by atoms with Crippen molar-refractivity contribution in [2.45, 2.75) is 38.5 Å². The second kappa shape index (κ2) is 9.36. The largest absolute Gasteiger partial charge is 0.492 e. The zero-order chi connectivity index (χ0) is 17.3. The Bertz CT molecular complexity index is 616. The van der Waals surface area contributed by atoms with Crippen molar-refractivity contribution in [3.8, 4) is 5.75 Å². The van der Waals surface area contributed by atoms with E-state index in [2.05, 4.69) is 10.0 Å². The van der Waals surface area contributed by atoms with E-state index in [0.717, 1.165) is 12.8 Å². The van der Waals surface area contributed by atoms with E-state index >= 15 is 0 Å². The molecule has 0 aromatic heterocycles. The maximum absolute atomic E-state index is 12.2. The highest BCUT2D eigenvalue weighted by Gasteiger charge is 2.17. The van der Waals surface area contributed by atoms with E-state index in [9.17, 15) is 13.2 Å². The maximum Gasteiger partial charge on any atom is 0.411 e. The monoisotopic (exact) mass is 344 g/mol. The molecule has 0 atom stereocenters. The first-order valence-corrected chi connectivity index (χ1v) is 9.13. The van der Waals surface area contributed by atoms with Gasteiger partial charge in [-0.15, -0.1) is 0 Å². The summed E-state index contributed by atoms with van der Waals surface area (Å²) in [5.41, 5.74) is 0.253. The SMILES string of the molecule is CCCCNS(=O)(=O)c1ccc(OCC)c(NC(=O)OCC)c1. The van der Waals surface area contributed by atoms with Gasteiger partial charge in [0, 0.05) is 6.54 Å². The van der Waals surface area contributed by atoms with E-state index in [4.69, 9.17) is 9.47 Å². The lowest BCUT2D eigenvalue weighted by atomic mass is 10.3. The van der Waals surface area contributed by atoms with Crippen molar-refractivity contribution in [1.29, 1.82) is 0 Å². The summed E-state index contributed by atoms with van der Waals surface area (Å²) in [6.45, 7) is 6.43. The molecule has 130 valence electrons. The third-order valence-corrected chi connectivity index (χ3v) is 4.35. The van der Waals surface area contributed by atoms with Gasteiger partial charge in [0.15, 0.2) is 0 Å². The van der Waals surface area contributed by atoms with Crippen molar-refractivity contribution < 1.29 is 22.7 Å². The fraction of sp³-hybridized carbons (Fsp3) is 0.533. The van der Waals surface area contributed by atoms with E-state index in [1.165, 1.54) is 18.2 Å². The summed E-state index contributed by atoms with van der Waals surface area (Å²) >= 11 is 0. The smallest absolute Gasteiger partial charge is 0.411 e. The van der Waals surface area contributed by atoms with Crippen molar-refractivity contribution in [3.63, 3.8) is 0 Å². The highest BCUT2D eigenvalue weighted by atomic mass is 32.2. The van der Waals surface area contributed by atoms with E-state index in [1.54, 1.807) is 13.8 Å². The number of anilines is 1. The van der Waals surface area contributed by atoms with E-state index < -0.39 is 16.1 Å². The summed E-state index contributed by atoms with van der Waals surface area (Å²) in [6, 6.07) is 4.31. The zero-order valence-corrected chi connectivity index (χ0v) is 14.5. The lowest BCUT2D eigenvalue weighted by molar-refractivity contribution is 0.167. The molecule has 0 aliphatic rings. The molecule has 0 heterocycles. The van der Waals surface area contributed by atoms with Crippen LogP contribution in [0.4, 0.5) is 10.5 Å². The second-order valence-electron chi connectivity index (χ2n) is 4.69. The molecule has 0 bridgehead atoms. The Labute approximate surface area is 137 Å². The van der Waals surface area contributed by atoms with Crippen molar-refractivity contribution in [3.05, 3.63) is 18.2 Å². The molecule has 2 N–H and O–H groups in total. The number of hydrogen-bond acceptors (Lipinski definition) is 5. The summed E-state index contributed by atoms with van der Waals surface area (Å²) in [4.78, 5) is 11.6. The Morgan fingerprint density at radius 2 is 1.91 bits per heavy atom. The second-order valence-corrected chi connectivity index (χ2v) is 6.45. The highest BCUT2D eigenvalue weighted by Crippen LogP contribution is 2.28. The minimum atomic E-state index is -3.63. The molecule has 0 saturated heterocycles. The molecule has 0 saturated carbocycles. The van der Waals surface area contributed by atoms with Crippen LogP contribution in [0.5, 0.6) is 5.75 Å². The van der Waals surface area contributed by atoms with Crippen LogP contribution < -0.4 is 14.8 Å². The molecule has 0 spiro atoms. The number of unbranched alkanes of at least 4 members (excludes halogenated alkanes) is 1. The number of hydrogen-bond donors (Lipinski definition) is 2. The minimum Gasteiger partial charge on any atom is -0.492 e. The normalized spacial score (nSPS) is 11.1. The molecule has 0 aliphatic heterocycles. The first-order valence-electron chi connectivity index (χ1n) is 7.64. The van der Waals surface area contributed by atoms with E-state index in [0.29, 0.717) is 18.9 Å². The molecular formula is C15H24N2O5S. The summed E-state index contributed by atoms with van der Waals surface area (Å²) in [5, 5.41) is 2.50. The van der Waals surface area contributed by atoms with Crippen LogP contribution in [0.15, 0.2) is 23.1 Å². The predicted octanol–water partition coefficient (Wildman–Crippen LogP) is 2.73. The number of rotatable bonds is 9. The van der Waals surface area contributed by atoms with Crippen LogP contribution in [-0.2, 0) is 14.8 Å². The lowest BCUT2D eigenvalue weighted by Crippen LogP contribution is -2.25. The molecule has 7 nitrogen and oxygen atoms in total. The van der Waals surface area contributed by atoms with Crippen LogP contribution in [0.1, 0.15) is 33.6 Å². The number of nitrogens with one attached hydrogen (secondary N) is 2. The van der Waals surface area contributed by atoms with Gasteiger partial charge in [0.05, 0.1) is 23.8 Å². The molecule has 8 heteroatoms. The fourth-order valence-electron chi connectivity index (χ4n) is 1.80. The number of ether oxygens (including phenoxy) is 2. The van der Waals surface area contributed by atoms with Crippen molar-refractivity contribution in [2.24, 2.45) is 0 Å². The molecule has 1 rings (SSSR count). The summed E-state index contributed by atoms with van der Waals surface area (Å²) in [7, 11) is -3.63. The van der Waals surface area contributed by atoms with Crippen LogP contribution >= 0.6 is 0 Å². The van der Waals surface area contributed by atoms with Crippen LogP contribution in [0, 0.1) is 0 Å². The first-order chi connectivity index (χ1) is 10.9. The Hall–Kier alpha value is -1.80. The highest BCUT2D eigenvalue weighted by molar-refractivity contribution is 7.89. The maximum atomic E-state index is 12.2. The summed E-state index contributed by atoms with van der Waals surface area (Å²) in [5.74, 6) is 0.382. The third-order valence-electron chi connectivity index (χ3n) is 2.90. The number of carbonyl (C=O) groups excluding carboxylic acids is 1. The molecule has 0 radical (unpaired) electrons. The minimum absolute atomic E-state index is 0.0591. The lowest BCUT2D eigenvalue weighted by Gasteiger charge is -2.13. The standard InChI is InChI=1S/C15H24N2O5S/c1-4-7-10-16-23(19,20)12-8-9-14(21-5-2)13(11-12)17-15(18)22-6-3/h8-9,11,16H,4-7,10H2,1-3H3,(H,17,18). The van der Waals surface area contributed by atoms with Gasteiger partial charge in [-0.25, -0.2) is 17.9 Å². The molecule has 23 heavy (non-hydrogen) atoms. The zero-order valence-electron chi connectivity index (χ0n) is 13.7. The Kier molecular flexibility index (Phi) is 7.84. The van der Waals surface area contributed by atoms with Crippen molar-refractivity contribution >= 4 is 21.8 Å². The van der Waals surface area contributed by atoms with Crippen molar-refractivity contribution in [2.75, 3.05) is 25.1 Å². The average molecular weight is 344 g/mol. The van der Waals surface area contributed by atoms with Gasteiger partial charge >= 0.3 is 6.09 Å². The number of carbonyl (C=O) groups is 1. The number of benzene rings is 1. The van der Waals surface area contributed by atoms with Gasteiger partial charge in [-0.05, 0) is 38.5 Å². The molecule has 0 fully saturated rings. The molecule has 1 amide bonds. The Balaban J connectivity index is 3.04. The summed E-state index contributed by atoms with van der Waals surface area (Å²) in [6.07, 6.45) is 0.980. The predicted molar refractivity (Wildman–Crippen MR) is 88.4 cm³/mol. The van der Waals surface area contributed by atoms with Gasteiger partial charge in [0.1, 0.15) is 5.75 Å². The molecular weight excluding hydrogens is 320 g/mol. The fourth-order valence-corrected chi connectivity index (χ4v) is 2.90. The van der Waals surface area contributed by atoms with Gasteiger partial charge < -0.3 is 9.47 Å². The number of amides is 1. The van der Waals surface area contributed by atoms with Gasteiger partial charge in [0.2, 0.25) is 10.0 Å². The van der Waals surface area contributed by atoms with Gasteiger partial charge in [-0.2, -0.15) is 0 Å². The Morgan fingerprint density at radius 3 is 2.52 bits per heavy atom. The third kappa shape index (κ3) is 6.07. The van der Waals surface area contributed by atoms with Crippen LogP contribution in [0.3, 0.4) is 0 Å². The van der Waals surface area contributed by atoms with Gasteiger partial charge in [0.25, 0.3) is 0 Å². The Morgan fingerprint density at radius 1 is 1.17 bits per heavy atom. The van der Waals surface area contributed by atoms with Crippen LogP contribution in [0.2, 0.25) is 0 Å². The van der Waals surface area contributed by atoms with E-state index in [-0.39, 0.29) is 17.2 Å². The van der Waals surface area contributed by atoms with Gasteiger partial charge in [-0.3, -0.25) is 5.32 Å². The molecule has 1 aromatic carbocycles. The van der Waals surface area contributed by atoms with E-state index in [1.807, 2.05) is 6.92 Å². The number of sulfonamides is 1. The molecule has 1 aromatic rings. The van der Waals surface area contributed by atoms with Gasteiger partial charge in [-0.1, -0.05) is 13.3 Å². The van der Waals surface area contributed by atoms with Crippen molar-refractivity contribution in [1.82, 2.24) is 4.72 Å². The van der Waals surface area contributed by atoms with Crippen LogP contribution in [-0.4, -0.2) is 34.3 Å².